The number of aliphatic imine (C=N–C) groups is 1. The molecular formula is C17H21N3O4. The van der Waals surface area contributed by atoms with Gasteiger partial charge in [0.25, 0.3) is 5.91 Å². The predicted octanol–water partition coefficient (Wildman–Crippen LogP) is 2.15. The Labute approximate surface area is 140 Å². The molecule has 1 unspecified atom stereocenters. The van der Waals surface area contributed by atoms with Crippen LogP contribution in [0.1, 0.15) is 27.2 Å². The number of barbiturate groups is 1. The van der Waals surface area contributed by atoms with E-state index in [2.05, 4.69) is 10.3 Å². The van der Waals surface area contributed by atoms with Gasteiger partial charge in [0.05, 0.1) is 12.3 Å². The lowest BCUT2D eigenvalue weighted by Gasteiger charge is -2.28. The second kappa shape index (κ2) is 7.72. The fourth-order valence-electron chi connectivity index (χ4n) is 2.16. The van der Waals surface area contributed by atoms with E-state index in [1.165, 1.54) is 6.21 Å². The van der Waals surface area contributed by atoms with Crippen LogP contribution < -0.4 is 15.0 Å². The summed E-state index contributed by atoms with van der Waals surface area (Å²) in [5.74, 6) is -1.74. The zero-order valence-corrected chi connectivity index (χ0v) is 14.0. The predicted molar refractivity (Wildman–Crippen MR) is 90.4 cm³/mol. The molecule has 0 saturated carbocycles. The number of hydrogen-bond donors (Lipinski definition) is 1. The Morgan fingerprint density at radius 1 is 1.25 bits per heavy atom. The van der Waals surface area contributed by atoms with Crippen LogP contribution in [-0.2, 0) is 9.59 Å². The maximum atomic E-state index is 12.6. The minimum absolute atomic E-state index is 0.00199. The summed E-state index contributed by atoms with van der Waals surface area (Å²) in [7, 11) is 0. The maximum absolute atomic E-state index is 12.6. The van der Waals surface area contributed by atoms with Crippen LogP contribution in [0, 0.1) is 5.92 Å². The van der Waals surface area contributed by atoms with Crippen LogP contribution in [0.5, 0.6) is 5.75 Å². The first-order valence-electron chi connectivity index (χ1n) is 7.92. The molecule has 1 aliphatic rings. The van der Waals surface area contributed by atoms with Gasteiger partial charge in [-0.25, -0.2) is 9.69 Å². The first kappa shape index (κ1) is 17.7. The van der Waals surface area contributed by atoms with Gasteiger partial charge in [-0.15, -0.1) is 0 Å². The van der Waals surface area contributed by atoms with Gasteiger partial charge in [0, 0.05) is 12.3 Å². The van der Waals surface area contributed by atoms with Gasteiger partial charge in [-0.3, -0.25) is 19.9 Å². The van der Waals surface area contributed by atoms with Gasteiger partial charge in [-0.2, -0.15) is 0 Å². The molecule has 7 heteroatoms. The summed E-state index contributed by atoms with van der Waals surface area (Å²) < 4.78 is 5.34. The molecule has 7 nitrogen and oxygen atoms in total. The lowest BCUT2D eigenvalue weighted by molar-refractivity contribution is -0.131. The van der Waals surface area contributed by atoms with E-state index in [1.54, 1.807) is 24.3 Å². The largest absolute Gasteiger partial charge is 0.494 e. The molecule has 1 saturated heterocycles. The number of hydrogen-bond acceptors (Lipinski definition) is 5. The lowest BCUT2D eigenvalue weighted by Crippen LogP contribution is -2.58. The van der Waals surface area contributed by atoms with E-state index < -0.39 is 23.8 Å². The van der Waals surface area contributed by atoms with E-state index in [-0.39, 0.29) is 6.04 Å². The first-order valence-corrected chi connectivity index (χ1v) is 7.92. The molecular weight excluding hydrogens is 310 g/mol. The summed E-state index contributed by atoms with van der Waals surface area (Å²) in [6.45, 7) is 6.23. The molecule has 0 bridgehead atoms. The molecule has 1 aromatic carbocycles. The molecule has 1 aliphatic heterocycles. The van der Waals surface area contributed by atoms with Crippen LogP contribution in [-0.4, -0.2) is 36.7 Å². The highest BCUT2D eigenvalue weighted by Crippen LogP contribution is 2.23. The third-order valence-electron chi connectivity index (χ3n) is 3.69. The Hall–Kier alpha value is -2.70. The molecule has 24 heavy (non-hydrogen) atoms. The average Bonchev–Trinajstić information content (AvgIpc) is 2.55. The number of amides is 4. The van der Waals surface area contributed by atoms with Gasteiger partial charge >= 0.3 is 6.03 Å². The molecule has 1 heterocycles. The van der Waals surface area contributed by atoms with E-state index in [4.69, 9.17) is 4.74 Å². The van der Waals surface area contributed by atoms with E-state index in [9.17, 15) is 14.4 Å². The molecule has 1 aromatic rings. The number of carbonyl (C=O) groups is 3. The Bertz CT molecular complexity index is 654. The number of nitrogens with zero attached hydrogens (tertiary/aromatic N) is 2. The molecule has 4 amide bonds. The topological polar surface area (TPSA) is 88.1 Å². The van der Waals surface area contributed by atoms with Crippen LogP contribution in [0.4, 0.5) is 10.5 Å². The first-order chi connectivity index (χ1) is 11.5. The highest BCUT2D eigenvalue weighted by Gasteiger charge is 2.40. The van der Waals surface area contributed by atoms with E-state index in [0.717, 1.165) is 11.3 Å². The van der Waals surface area contributed by atoms with E-state index >= 15 is 0 Å². The van der Waals surface area contributed by atoms with Crippen LogP contribution in [0.15, 0.2) is 29.3 Å². The molecule has 0 spiro atoms. The number of rotatable bonds is 6. The maximum Gasteiger partial charge on any atom is 0.335 e. The van der Waals surface area contributed by atoms with Crippen molar-refractivity contribution >= 4 is 29.7 Å². The van der Waals surface area contributed by atoms with Crippen LogP contribution in [0.25, 0.3) is 0 Å². The number of nitrogens with one attached hydrogen (secondary N) is 1. The zero-order chi connectivity index (χ0) is 17.7. The Morgan fingerprint density at radius 2 is 1.92 bits per heavy atom. The van der Waals surface area contributed by atoms with E-state index in [0.29, 0.717) is 18.0 Å². The number of carbonyl (C=O) groups excluding carboxylic acids is 3. The summed E-state index contributed by atoms with van der Waals surface area (Å²) in [5.41, 5.74) is 0.371. The second-order valence-electron chi connectivity index (χ2n) is 5.43. The molecule has 0 aromatic heterocycles. The number of ether oxygens (including phenoxy) is 1. The molecule has 0 radical (unpaired) electrons. The SMILES string of the molecule is CCOc1ccc(N2C(=O)NC(=O)C(C=N[C@H](C)CC)C2=O)cc1. The summed E-state index contributed by atoms with van der Waals surface area (Å²) in [5, 5.41) is 2.19. The van der Waals surface area contributed by atoms with E-state index in [1.807, 2.05) is 20.8 Å². The molecule has 0 aliphatic carbocycles. The Kier molecular flexibility index (Phi) is 5.68. The van der Waals surface area contributed by atoms with Crippen molar-refractivity contribution < 1.29 is 19.1 Å². The monoisotopic (exact) mass is 331 g/mol. The van der Waals surface area contributed by atoms with Gasteiger partial charge in [0.1, 0.15) is 5.75 Å². The highest BCUT2D eigenvalue weighted by atomic mass is 16.5. The lowest BCUT2D eigenvalue weighted by atomic mass is 10.1. The quantitative estimate of drug-likeness (QED) is 0.639. The van der Waals surface area contributed by atoms with Gasteiger partial charge in [0.15, 0.2) is 5.92 Å². The third kappa shape index (κ3) is 3.79. The van der Waals surface area contributed by atoms with Crippen molar-refractivity contribution in [1.29, 1.82) is 0 Å². The summed E-state index contributed by atoms with van der Waals surface area (Å²) >= 11 is 0. The summed E-state index contributed by atoms with van der Waals surface area (Å²) in [4.78, 5) is 41.7. The fourth-order valence-corrected chi connectivity index (χ4v) is 2.16. The Balaban J connectivity index is 2.25. The van der Waals surface area contributed by atoms with Crippen molar-refractivity contribution in [2.24, 2.45) is 10.9 Å². The van der Waals surface area contributed by atoms with Gasteiger partial charge in [-0.1, -0.05) is 6.92 Å². The van der Waals surface area contributed by atoms with Crippen LogP contribution in [0.3, 0.4) is 0 Å². The van der Waals surface area contributed by atoms with Gasteiger partial charge in [0.2, 0.25) is 5.91 Å². The fraction of sp³-hybridized carbons (Fsp3) is 0.412. The normalized spacial score (nSPS) is 19.5. The minimum atomic E-state index is -1.11. The molecule has 1 N–H and O–H groups in total. The highest BCUT2D eigenvalue weighted by molar-refractivity contribution is 6.32. The molecule has 2 atom stereocenters. The van der Waals surface area contributed by atoms with Crippen molar-refractivity contribution in [3.8, 4) is 5.75 Å². The number of imide groups is 2. The summed E-state index contributed by atoms with van der Waals surface area (Å²) in [6.07, 6.45) is 2.11. The second-order valence-corrected chi connectivity index (χ2v) is 5.43. The average molecular weight is 331 g/mol. The minimum Gasteiger partial charge on any atom is -0.494 e. The van der Waals surface area contributed by atoms with Crippen LogP contribution in [0.2, 0.25) is 0 Å². The number of urea groups is 1. The number of benzene rings is 1. The van der Waals surface area contributed by atoms with Gasteiger partial charge < -0.3 is 4.74 Å². The van der Waals surface area contributed by atoms with Crippen molar-refractivity contribution in [2.45, 2.75) is 33.2 Å². The van der Waals surface area contributed by atoms with Crippen molar-refractivity contribution in [3.05, 3.63) is 24.3 Å². The zero-order valence-electron chi connectivity index (χ0n) is 14.0. The van der Waals surface area contributed by atoms with Crippen molar-refractivity contribution in [1.82, 2.24) is 5.32 Å². The van der Waals surface area contributed by atoms with Crippen molar-refractivity contribution in [2.75, 3.05) is 11.5 Å². The van der Waals surface area contributed by atoms with Crippen LogP contribution >= 0.6 is 0 Å². The smallest absolute Gasteiger partial charge is 0.335 e. The molecule has 1 fully saturated rings. The molecule has 128 valence electrons. The number of anilines is 1. The van der Waals surface area contributed by atoms with Crippen molar-refractivity contribution in [3.63, 3.8) is 0 Å². The third-order valence-corrected chi connectivity index (χ3v) is 3.69. The van der Waals surface area contributed by atoms with Gasteiger partial charge in [-0.05, 0) is 44.5 Å². The standard InChI is InChI=1S/C17H21N3O4/c1-4-11(3)18-10-14-15(21)19-17(23)20(16(14)22)12-6-8-13(9-7-12)24-5-2/h6-11,14H,4-5H2,1-3H3,(H,19,21,23)/t11-,14?/m1/s1. The Morgan fingerprint density at radius 3 is 2.50 bits per heavy atom. The molecule has 2 rings (SSSR count). The summed E-state index contributed by atoms with van der Waals surface area (Å²) in [6, 6.07) is 5.77.